The van der Waals surface area contributed by atoms with Crippen molar-refractivity contribution < 1.29 is 19.4 Å². The predicted molar refractivity (Wildman–Crippen MR) is 80.9 cm³/mol. The lowest BCUT2D eigenvalue weighted by Gasteiger charge is -2.20. The van der Waals surface area contributed by atoms with E-state index in [0.29, 0.717) is 18.2 Å². The Bertz CT molecular complexity index is 568. The maximum absolute atomic E-state index is 12.4. The first-order chi connectivity index (χ1) is 10.6. The van der Waals surface area contributed by atoms with Crippen molar-refractivity contribution in [2.45, 2.75) is 24.9 Å². The highest BCUT2D eigenvalue weighted by Gasteiger charge is 2.42. The molecule has 0 spiro atoms. The molecule has 0 aliphatic carbocycles. The first kappa shape index (κ1) is 15.3. The quantitative estimate of drug-likeness (QED) is 0.925. The molecule has 0 unspecified atom stereocenters. The lowest BCUT2D eigenvalue weighted by molar-refractivity contribution is -0.143. The van der Waals surface area contributed by atoms with Crippen LogP contribution < -0.4 is 0 Å². The lowest BCUT2D eigenvalue weighted by atomic mass is 9.89. The van der Waals surface area contributed by atoms with Crippen LogP contribution in [0.15, 0.2) is 24.3 Å². The maximum Gasteiger partial charge on any atom is 0.308 e. The van der Waals surface area contributed by atoms with E-state index in [1.165, 1.54) is 0 Å². The summed E-state index contributed by atoms with van der Waals surface area (Å²) in [5, 5.41) is 10.1. The van der Waals surface area contributed by atoms with E-state index in [4.69, 9.17) is 16.3 Å². The molecule has 1 amide bonds. The lowest BCUT2D eigenvalue weighted by Crippen LogP contribution is -2.37. The number of rotatable bonds is 3. The van der Waals surface area contributed by atoms with Crippen molar-refractivity contribution in [2.24, 2.45) is 5.92 Å². The van der Waals surface area contributed by atoms with E-state index in [9.17, 15) is 14.7 Å². The molecule has 3 atom stereocenters. The van der Waals surface area contributed by atoms with Gasteiger partial charge in [0, 0.05) is 30.6 Å². The summed E-state index contributed by atoms with van der Waals surface area (Å²) in [7, 11) is 0. The van der Waals surface area contributed by atoms with Crippen LogP contribution in [-0.2, 0) is 14.3 Å². The van der Waals surface area contributed by atoms with Gasteiger partial charge in [0.1, 0.15) is 6.10 Å². The highest BCUT2D eigenvalue weighted by molar-refractivity contribution is 6.30. The van der Waals surface area contributed by atoms with E-state index in [-0.39, 0.29) is 18.4 Å². The fraction of sp³-hybridized carbons (Fsp3) is 0.500. The van der Waals surface area contributed by atoms with Gasteiger partial charge in [0.15, 0.2) is 0 Å². The Morgan fingerprint density at radius 3 is 2.55 bits per heavy atom. The number of hydrogen-bond acceptors (Lipinski definition) is 3. The number of carbonyl (C=O) groups is 2. The van der Waals surface area contributed by atoms with Gasteiger partial charge in [-0.25, -0.2) is 0 Å². The minimum Gasteiger partial charge on any atom is -0.481 e. The van der Waals surface area contributed by atoms with Crippen LogP contribution in [0.5, 0.6) is 0 Å². The molecule has 5 nitrogen and oxygen atoms in total. The number of ether oxygens (including phenoxy) is 1. The van der Waals surface area contributed by atoms with Crippen molar-refractivity contribution in [3.63, 3.8) is 0 Å². The van der Waals surface area contributed by atoms with E-state index in [2.05, 4.69) is 0 Å². The number of aliphatic carboxylic acids is 1. The first-order valence-corrected chi connectivity index (χ1v) is 7.82. The second-order valence-electron chi connectivity index (χ2n) is 5.85. The third-order valence-electron chi connectivity index (χ3n) is 4.45. The molecule has 2 heterocycles. The first-order valence-electron chi connectivity index (χ1n) is 7.45. The Balaban J connectivity index is 1.78. The number of amides is 1. The smallest absolute Gasteiger partial charge is 0.308 e. The minimum absolute atomic E-state index is 0.0831. The van der Waals surface area contributed by atoms with E-state index >= 15 is 0 Å². The Hall–Kier alpha value is -1.59. The topological polar surface area (TPSA) is 66.8 Å². The van der Waals surface area contributed by atoms with Gasteiger partial charge in [-0.1, -0.05) is 23.7 Å². The molecule has 2 aliphatic heterocycles. The van der Waals surface area contributed by atoms with Crippen molar-refractivity contribution in [2.75, 3.05) is 19.7 Å². The predicted octanol–water partition coefficient (Wildman–Crippen LogP) is 2.15. The minimum atomic E-state index is -0.873. The summed E-state index contributed by atoms with van der Waals surface area (Å²) in [5.41, 5.74) is 0.902. The summed E-state index contributed by atoms with van der Waals surface area (Å²) in [5.74, 6) is -1.76. The van der Waals surface area contributed by atoms with Crippen molar-refractivity contribution in [3.8, 4) is 0 Å². The van der Waals surface area contributed by atoms with Crippen LogP contribution in [0.3, 0.4) is 0 Å². The summed E-state index contributed by atoms with van der Waals surface area (Å²) in [6, 6.07) is 7.17. The van der Waals surface area contributed by atoms with Gasteiger partial charge in [0.25, 0.3) is 5.91 Å². The van der Waals surface area contributed by atoms with Gasteiger partial charge in [-0.2, -0.15) is 0 Å². The Kier molecular flexibility index (Phi) is 4.36. The largest absolute Gasteiger partial charge is 0.481 e. The third kappa shape index (κ3) is 2.96. The molecule has 6 heteroatoms. The zero-order valence-electron chi connectivity index (χ0n) is 12.1. The van der Waals surface area contributed by atoms with Gasteiger partial charge in [0.2, 0.25) is 0 Å². The van der Waals surface area contributed by atoms with Crippen LogP contribution in [0.25, 0.3) is 0 Å². The Labute approximate surface area is 133 Å². The van der Waals surface area contributed by atoms with E-state index in [0.717, 1.165) is 18.4 Å². The summed E-state index contributed by atoms with van der Waals surface area (Å²) >= 11 is 5.89. The van der Waals surface area contributed by atoms with Crippen LogP contribution in [-0.4, -0.2) is 47.7 Å². The summed E-state index contributed by atoms with van der Waals surface area (Å²) in [6.07, 6.45) is 1.20. The molecule has 2 fully saturated rings. The van der Waals surface area contributed by atoms with Crippen LogP contribution >= 0.6 is 11.6 Å². The normalized spacial score (nSPS) is 28.0. The monoisotopic (exact) mass is 323 g/mol. The fourth-order valence-electron chi connectivity index (χ4n) is 3.26. The van der Waals surface area contributed by atoms with E-state index in [1.54, 1.807) is 17.0 Å². The molecule has 0 bridgehead atoms. The molecule has 2 saturated heterocycles. The van der Waals surface area contributed by atoms with E-state index in [1.807, 2.05) is 12.1 Å². The number of likely N-dealkylation sites (tertiary alicyclic amines) is 1. The van der Waals surface area contributed by atoms with Gasteiger partial charge in [0.05, 0.1) is 5.92 Å². The fourth-order valence-corrected chi connectivity index (χ4v) is 3.38. The van der Waals surface area contributed by atoms with Gasteiger partial charge in [-0.15, -0.1) is 0 Å². The molecule has 1 aromatic rings. The molecule has 118 valence electrons. The second-order valence-corrected chi connectivity index (χ2v) is 6.28. The molecule has 0 aromatic heterocycles. The molecular weight excluding hydrogens is 306 g/mol. The average Bonchev–Trinajstić information content (AvgIpc) is 3.17. The number of hydrogen-bond donors (Lipinski definition) is 1. The zero-order chi connectivity index (χ0) is 15.7. The molecular formula is C16H18ClNO4. The molecule has 3 rings (SSSR count). The number of carbonyl (C=O) groups excluding carboxylic acids is 1. The summed E-state index contributed by atoms with van der Waals surface area (Å²) in [4.78, 5) is 25.6. The molecule has 0 saturated carbocycles. The van der Waals surface area contributed by atoms with Gasteiger partial charge >= 0.3 is 5.97 Å². The van der Waals surface area contributed by atoms with Crippen LogP contribution in [0.4, 0.5) is 0 Å². The number of carboxylic acids is 1. The number of halogens is 1. The number of carboxylic acid groups (broad SMARTS) is 1. The van der Waals surface area contributed by atoms with Gasteiger partial charge < -0.3 is 14.7 Å². The second kappa shape index (κ2) is 6.26. The highest BCUT2D eigenvalue weighted by Crippen LogP contribution is 2.34. The molecule has 0 radical (unpaired) electrons. The van der Waals surface area contributed by atoms with Crippen molar-refractivity contribution >= 4 is 23.5 Å². The van der Waals surface area contributed by atoms with Crippen LogP contribution in [0.2, 0.25) is 5.02 Å². The molecule has 1 N–H and O–H groups in total. The maximum atomic E-state index is 12.4. The molecule has 2 aliphatic rings. The average molecular weight is 324 g/mol. The Morgan fingerprint density at radius 2 is 1.95 bits per heavy atom. The zero-order valence-corrected chi connectivity index (χ0v) is 12.8. The number of benzene rings is 1. The van der Waals surface area contributed by atoms with E-state index < -0.39 is 18.0 Å². The Morgan fingerprint density at radius 1 is 1.23 bits per heavy atom. The SMILES string of the molecule is O=C(O)[C@@H]1CN(C(=O)[C@@H]2CCCO2)C[C@H]1c1ccc(Cl)cc1. The van der Waals surface area contributed by atoms with Crippen molar-refractivity contribution in [1.29, 1.82) is 0 Å². The summed E-state index contributed by atoms with van der Waals surface area (Å²) in [6.45, 7) is 1.26. The molecule has 1 aromatic carbocycles. The number of nitrogens with zero attached hydrogens (tertiary/aromatic N) is 1. The highest BCUT2D eigenvalue weighted by atomic mass is 35.5. The summed E-state index contributed by atoms with van der Waals surface area (Å²) < 4.78 is 5.42. The molecule has 22 heavy (non-hydrogen) atoms. The standard InChI is InChI=1S/C16H18ClNO4/c17-11-5-3-10(4-6-11)12-8-18(9-13(12)16(20)21)15(19)14-2-1-7-22-14/h3-6,12-14H,1-2,7-9H2,(H,20,21)/t12-,13+,14-/m0/s1. The van der Waals surface area contributed by atoms with Gasteiger partial charge in [-0.3, -0.25) is 9.59 Å². The van der Waals surface area contributed by atoms with Crippen LogP contribution in [0.1, 0.15) is 24.3 Å². The van der Waals surface area contributed by atoms with Gasteiger partial charge in [-0.05, 0) is 30.5 Å². The third-order valence-corrected chi connectivity index (χ3v) is 4.70. The van der Waals surface area contributed by atoms with Crippen molar-refractivity contribution in [1.82, 2.24) is 4.90 Å². The van der Waals surface area contributed by atoms with Crippen LogP contribution in [0, 0.1) is 5.92 Å². The van der Waals surface area contributed by atoms with Crippen molar-refractivity contribution in [3.05, 3.63) is 34.9 Å².